The summed E-state index contributed by atoms with van der Waals surface area (Å²) in [5.41, 5.74) is 1.03. The van der Waals surface area contributed by atoms with Crippen molar-refractivity contribution in [2.45, 2.75) is 6.42 Å². The minimum Gasteiger partial charge on any atom is -0.449 e. The van der Waals surface area contributed by atoms with Crippen LogP contribution in [0.15, 0.2) is 54.3 Å². The summed E-state index contributed by atoms with van der Waals surface area (Å²) in [5, 5.41) is 2.89. The normalized spacial score (nSPS) is 17.7. The third-order valence-corrected chi connectivity index (χ3v) is 5.36. The van der Waals surface area contributed by atoms with E-state index >= 15 is 0 Å². The number of rotatable bonds is 7. The molecule has 0 bridgehead atoms. The van der Waals surface area contributed by atoms with Gasteiger partial charge in [0, 0.05) is 19.6 Å². The highest BCUT2D eigenvalue weighted by atomic mass is 19.1. The van der Waals surface area contributed by atoms with E-state index in [4.69, 9.17) is 9.47 Å². The first kappa shape index (κ1) is 22.0. The zero-order chi connectivity index (χ0) is 22.3. The van der Waals surface area contributed by atoms with Crippen molar-refractivity contribution in [1.82, 2.24) is 10.2 Å². The van der Waals surface area contributed by atoms with Crippen molar-refractivity contribution < 1.29 is 23.5 Å². The van der Waals surface area contributed by atoms with Crippen LogP contribution < -0.4 is 15.0 Å². The molecule has 0 atom stereocenters. The highest BCUT2D eigenvalue weighted by Gasteiger charge is 2.31. The second-order valence-corrected chi connectivity index (χ2v) is 7.68. The van der Waals surface area contributed by atoms with Gasteiger partial charge in [-0.2, -0.15) is 0 Å². The smallest absolute Gasteiger partial charge is 0.294 e. The fourth-order valence-corrected chi connectivity index (χ4v) is 3.72. The first-order valence-electron chi connectivity index (χ1n) is 10.7. The summed E-state index contributed by atoms with van der Waals surface area (Å²) < 4.78 is 24.6. The van der Waals surface area contributed by atoms with E-state index in [1.165, 1.54) is 23.1 Å². The summed E-state index contributed by atoms with van der Waals surface area (Å²) >= 11 is 0. The van der Waals surface area contributed by atoms with Crippen LogP contribution in [0.3, 0.4) is 0 Å². The molecule has 2 aliphatic heterocycles. The molecule has 0 spiro atoms. The highest BCUT2D eigenvalue weighted by Crippen LogP contribution is 2.35. The zero-order valence-electron chi connectivity index (χ0n) is 17.8. The van der Waals surface area contributed by atoms with Crippen LogP contribution in [0.25, 0.3) is 6.08 Å². The number of para-hydroxylation sites is 2. The number of hydrogen-bond donors (Lipinski definition) is 1. The molecule has 0 unspecified atom stereocenters. The Kier molecular flexibility index (Phi) is 7.14. The summed E-state index contributed by atoms with van der Waals surface area (Å²) in [6, 6.07) is 12.9. The molecule has 2 amide bonds. The van der Waals surface area contributed by atoms with Crippen LogP contribution in [0.2, 0.25) is 0 Å². The molecule has 0 saturated carbocycles. The molecule has 1 saturated heterocycles. The molecule has 7 nitrogen and oxygen atoms in total. The number of nitrogens with one attached hydrogen (secondary N) is 1. The lowest BCUT2D eigenvalue weighted by Gasteiger charge is -2.30. The van der Waals surface area contributed by atoms with Gasteiger partial charge in [-0.15, -0.1) is 0 Å². The predicted octanol–water partition coefficient (Wildman–Crippen LogP) is 2.43. The van der Waals surface area contributed by atoms with Crippen LogP contribution in [0, 0.1) is 5.82 Å². The lowest BCUT2D eigenvalue weighted by atomic mass is 10.1. The first-order valence-corrected chi connectivity index (χ1v) is 10.7. The maximum Gasteiger partial charge on any atom is 0.294 e. The number of carbonyl (C=O) groups is 2. The number of hydrogen-bond acceptors (Lipinski definition) is 5. The number of amides is 2. The Morgan fingerprint density at radius 3 is 2.75 bits per heavy atom. The number of benzene rings is 2. The van der Waals surface area contributed by atoms with E-state index < -0.39 is 11.7 Å². The SMILES string of the molecule is O=C(CN1C(=O)C(=Cc2cccc(F)c2)Oc2ccccc21)NCCCN1CCOCC1. The van der Waals surface area contributed by atoms with Gasteiger partial charge in [0.15, 0.2) is 11.5 Å². The second kappa shape index (κ2) is 10.4. The maximum atomic E-state index is 13.5. The molecule has 2 heterocycles. The summed E-state index contributed by atoms with van der Waals surface area (Å²) in [4.78, 5) is 29.4. The molecular formula is C24H26FN3O4. The van der Waals surface area contributed by atoms with Gasteiger partial charge in [-0.1, -0.05) is 24.3 Å². The molecule has 1 N–H and O–H groups in total. The van der Waals surface area contributed by atoms with Crippen LogP contribution in [-0.2, 0) is 14.3 Å². The number of fused-ring (bicyclic) bond motifs is 1. The van der Waals surface area contributed by atoms with Gasteiger partial charge in [0.2, 0.25) is 5.91 Å². The van der Waals surface area contributed by atoms with Crippen molar-refractivity contribution in [2.75, 3.05) is 50.8 Å². The topological polar surface area (TPSA) is 71.1 Å². The van der Waals surface area contributed by atoms with E-state index in [1.807, 2.05) is 0 Å². The fourth-order valence-electron chi connectivity index (χ4n) is 3.72. The molecule has 0 aliphatic carbocycles. The van der Waals surface area contributed by atoms with Gasteiger partial charge in [-0.3, -0.25) is 19.4 Å². The molecule has 0 aromatic heterocycles. The minimum absolute atomic E-state index is 0.0365. The summed E-state index contributed by atoms with van der Waals surface area (Å²) in [6.45, 7) is 4.61. The summed E-state index contributed by atoms with van der Waals surface area (Å²) in [6.07, 6.45) is 2.30. The Balaban J connectivity index is 1.41. The van der Waals surface area contributed by atoms with Gasteiger partial charge >= 0.3 is 0 Å². The Hall–Kier alpha value is -3.23. The number of nitrogens with zero attached hydrogens (tertiary/aromatic N) is 2. The van der Waals surface area contributed by atoms with E-state index in [-0.39, 0.29) is 18.2 Å². The Labute approximate surface area is 186 Å². The van der Waals surface area contributed by atoms with Crippen molar-refractivity contribution >= 4 is 23.6 Å². The average Bonchev–Trinajstić information content (AvgIpc) is 2.80. The first-order chi connectivity index (χ1) is 15.6. The largest absolute Gasteiger partial charge is 0.449 e. The number of halogens is 1. The highest BCUT2D eigenvalue weighted by molar-refractivity contribution is 6.12. The number of carbonyl (C=O) groups excluding carboxylic acids is 2. The second-order valence-electron chi connectivity index (χ2n) is 7.68. The monoisotopic (exact) mass is 439 g/mol. The molecular weight excluding hydrogens is 413 g/mol. The van der Waals surface area contributed by atoms with Crippen molar-refractivity contribution in [3.8, 4) is 5.75 Å². The lowest BCUT2D eigenvalue weighted by molar-refractivity contribution is -0.123. The van der Waals surface area contributed by atoms with Crippen molar-refractivity contribution in [3.63, 3.8) is 0 Å². The summed E-state index contributed by atoms with van der Waals surface area (Å²) in [7, 11) is 0. The van der Waals surface area contributed by atoms with Crippen molar-refractivity contribution in [2.24, 2.45) is 0 Å². The quantitative estimate of drug-likeness (QED) is 0.530. The minimum atomic E-state index is -0.448. The molecule has 2 aromatic carbocycles. The third kappa shape index (κ3) is 5.52. The molecule has 32 heavy (non-hydrogen) atoms. The zero-order valence-corrected chi connectivity index (χ0v) is 17.8. The van der Waals surface area contributed by atoms with Gasteiger partial charge in [0.25, 0.3) is 5.91 Å². The van der Waals surface area contributed by atoms with Gasteiger partial charge in [0.05, 0.1) is 18.9 Å². The Morgan fingerprint density at radius 1 is 1.12 bits per heavy atom. The predicted molar refractivity (Wildman–Crippen MR) is 119 cm³/mol. The van der Waals surface area contributed by atoms with Crippen molar-refractivity contribution in [1.29, 1.82) is 0 Å². The van der Waals surface area contributed by atoms with Gasteiger partial charge in [-0.25, -0.2) is 4.39 Å². The van der Waals surface area contributed by atoms with Gasteiger partial charge in [-0.05, 0) is 48.9 Å². The Morgan fingerprint density at radius 2 is 1.94 bits per heavy atom. The summed E-state index contributed by atoms with van der Waals surface area (Å²) in [5.74, 6) is -0.598. The van der Waals surface area contributed by atoms with E-state index in [9.17, 15) is 14.0 Å². The number of anilines is 1. The van der Waals surface area contributed by atoms with E-state index in [0.29, 0.717) is 23.5 Å². The Bertz CT molecular complexity index is 1000. The van der Waals surface area contributed by atoms with E-state index in [2.05, 4.69) is 10.2 Å². The molecule has 4 rings (SSSR count). The molecule has 2 aromatic rings. The molecule has 2 aliphatic rings. The van der Waals surface area contributed by atoms with E-state index in [1.54, 1.807) is 36.4 Å². The van der Waals surface area contributed by atoms with Gasteiger partial charge in [0.1, 0.15) is 12.4 Å². The van der Waals surface area contributed by atoms with Crippen LogP contribution in [0.1, 0.15) is 12.0 Å². The van der Waals surface area contributed by atoms with Crippen LogP contribution >= 0.6 is 0 Å². The molecule has 8 heteroatoms. The fraction of sp³-hybridized carbons (Fsp3) is 0.333. The standard InChI is InChI=1S/C24H26FN3O4/c25-19-6-3-5-18(15-19)16-22-24(30)28(20-7-1-2-8-21(20)32-22)17-23(29)26-9-4-10-27-11-13-31-14-12-27/h1-3,5-8,15-16H,4,9-14,17H2,(H,26,29). The third-order valence-electron chi connectivity index (χ3n) is 5.36. The van der Waals surface area contributed by atoms with Crippen molar-refractivity contribution in [3.05, 3.63) is 65.7 Å². The average molecular weight is 439 g/mol. The molecule has 168 valence electrons. The van der Waals surface area contributed by atoms with Gasteiger partial charge < -0.3 is 14.8 Å². The maximum absolute atomic E-state index is 13.5. The molecule has 1 fully saturated rings. The van der Waals surface area contributed by atoms with Crippen LogP contribution in [-0.4, -0.2) is 62.7 Å². The number of ether oxygens (including phenoxy) is 2. The van der Waals surface area contributed by atoms with Crippen LogP contribution in [0.4, 0.5) is 10.1 Å². The molecule has 0 radical (unpaired) electrons. The van der Waals surface area contributed by atoms with E-state index in [0.717, 1.165) is 39.3 Å². The number of morpholine rings is 1. The lowest BCUT2D eigenvalue weighted by Crippen LogP contribution is -2.44. The van der Waals surface area contributed by atoms with Crippen LogP contribution in [0.5, 0.6) is 5.75 Å².